The van der Waals surface area contributed by atoms with Crippen molar-refractivity contribution >= 4 is 23.3 Å². The summed E-state index contributed by atoms with van der Waals surface area (Å²) in [7, 11) is 0. The lowest BCUT2D eigenvalue weighted by Gasteiger charge is -2.19. The smallest absolute Gasteiger partial charge is 0.336 e. The van der Waals surface area contributed by atoms with E-state index in [2.05, 4.69) is 0 Å². The molecule has 0 radical (unpaired) electrons. The normalized spacial score (nSPS) is 13.4. The first kappa shape index (κ1) is 15.5. The lowest BCUT2D eigenvalue weighted by molar-refractivity contribution is -0.385. The van der Waals surface area contributed by atoms with Crippen LogP contribution in [0.2, 0.25) is 0 Å². The van der Waals surface area contributed by atoms with Gasteiger partial charge in [0.05, 0.1) is 16.1 Å². The van der Waals surface area contributed by atoms with Crippen LogP contribution in [-0.4, -0.2) is 29.2 Å². The first-order chi connectivity index (χ1) is 11.6. The van der Waals surface area contributed by atoms with E-state index in [0.29, 0.717) is 30.3 Å². The number of ether oxygens (including phenoxy) is 2. The maximum Gasteiger partial charge on any atom is 0.336 e. The number of para-hydroxylation sites is 1. The van der Waals surface area contributed by atoms with Crippen LogP contribution >= 0.6 is 0 Å². The molecule has 0 spiro atoms. The molecule has 122 valence electrons. The van der Waals surface area contributed by atoms with E-state index in [9.17, 15) is 20.0 Å². The Bertz CT molecular complexity index is 843. The highest BCUT2D eigenvalue weighted by molar-refractivity contribution is 6.21. The Hall–Kier alpha value is -3.35. The minimum Gasteiger partial charge on any atom is -0.486 e. The summed E-state index contributed by atoms with van der Waals surface area (Å²) in [5.74, 6) is -0.196. The fourth-order valence-corrected chi connectivity index (χ4v) is 2.41. The molecule has 24 heavy (non-hydrogen) atoms. The van der Waals surface area contributed by atoms with Gasteiger partial charge in [0.25, 0.3) is 5.69 Å². The van der Waals surface area contributed by atoms with Crippen LogP contribution < -0.4 is 9.47 Å². The summed E-state index contributed by atoms with van der Waals surface area (Å²) in [4.78, 5) is 22.2. The van der Waals surface area contributed by atoms with Crippen LogP contribution in [-0.2, 0) is 4.79 Å². The van der Waals surface area contributed by atoms with Gasteiger partial charge in [-0.3, -0.25) is 10.1 Å². The van der Waals surface area contributed by atoms with E-state index < -0.39 is 10.9 Å². The summed E-state index contributed by atoms with van der Waals surface area (Å²) in [5, 5.41) is 20.6. The number of hydrogen-bond acceptors (Lipinski definition) is 5. The van der Waals surface area contributed by atoms with E-state index in [-0.39, 0.29) is 16.8 Å². The Morgan fingerprint density at radius 1 is 1.12 bits per heavy atom. The number of nitro groups is 1. The predicted molar refractivity (Wildman–Crippen MR) is 86.0 cm³/mol. The van der Waals surface area contributed by atoms with Gasteiger partial charge in [0, 0.05) is 6.07 Å². The summed E-state index contributed by atoms with van der Waals surface area (Å²) in [6.07, 6.45) is 1.28. The summed E-state index contributed by atoms with van der Waals surface area (Å²) in [6, 6.07) is 10.7. The van der Waals surface area contributed by atoms with Crippen molar-refractivity contribution in [1.29, 1.82) is 0 Å². The third-order valence-electron chi connectivity index (χ3n) is 3.52. The van der Waals surface area contributed by atoms with Gasteiger partial charge in [0.1, 0.15) is 13.2 Å². The Balaban J connectivity index is 2.08. The molecule has 1 N–H and O–H groups in total. The fourth-order valence-electron chi connectivity index (χ4n) is 2.41. The van der Waals surface area contributed by atoms with Gasteiger partial charge in [-0.05, 0) is 29.8 Å². The predicted octanol–water partition coefficient (Wildman–Crippen LogP) is 2.99. The van der Waals surface area contributed by atoms with Crippen molar-refractivity contribution in [3.05, 3.63) is 63.7 Å². The van der Waals surface area contributed by atoms with Crippen LogP contribution in [0.25, 0.3) is 11.6 Å². The van der Waals surface area contributed by atoms with Crippen LogP contribution in [0, 0.1) is 10.1 Å². The molecule has 7 heteroatoms. The van der Waals surface area contributed by atoms with Crippen molar-refractivity contribution in [3.63, 3.8) is 0 Å². The molecular weight excluding hydrogens is 314 g/mol. The van der Waals surface area contributed by atoms with Gasteiger partial charge >= 0.3 is 5.97 Å². The molecule has 0 saturated carbocycles. The highest BCUT2D eigenvalue weighted by Gasteiger charge is 2.19. The third kappa shape index (κ3) is 3.05. The first-order valence-electron chi connectivity index (χ1n) is 7.14. The maximum atomic E-state index is 11.6. The van der Waals surface area contributed by atoms with Crippen molar-refractivity contribution < 1.29 is 24.3 Å². The van der Waals surface area contributed by atoms with Gasteiger partial charge < -0.3 is 14.6 Å². The van der Waals surface area contributed by atoms with Gasteiger partial charge in [-0.2, -0.15) is 0 Å². The standard InChI is InChI=1S/C17H13NO6/c19-17(20)13(9-12-3-1-2-4-14(12)18(21)22)11-5-6-15-16(10-11)24-8-7-23-15/h1-6,9-10H,7-8H2,(H,19,20)/b13-9-. The van der Waals surface area contributed by atoms with E-state index in [4.69, 9.17) is 9.47 Å². The molecule has 0 aliphatic carbocycles. The first-order valence-corrected chi connectivity index (χ1v) is 7.14. The van der Waals surface area contributed by atoms with Gasteiger partial charge in [-0.1, -0.05) is 18.2 Å². The molecule has 2 aromatic carbocycles. The maximum absolute atomic E-state index is 11.6. The highest BCUT2D eigenvalue weighted by atomic mass is 16.6. The summed E-state index contributed by atoms with van der Waals surface area (Å²) in [6.45, 7) is 0.816. The monoisotopic (exact) mass is 327 g/mol. The van der Waals surface area contributed by atoms with E-state index in [1.54, 1.807) is 24.3 Å². The Morgan fingerprint density at radius 3 is 2.54 bits per heavy atom. The molecule has 2 aromatic rings. The molecule has 1 aliphatic rings. The SMILES string of the molecule is O=C(O)/C(=C\c1ccccc1[N+](=O)[O-])c1ccc2c(c1)OCCO2. The summed E-state index contributed by atoms with van der Waals surface area (Å²) < 4.78 is 10.9. The van der Waals surface area contributed by atoms with Crippen LogP contribution in [0.4, 0.5) is 5.69 Å². The fraction of sp³-hybridized carbons (Fsp3) is 0.118. The number of nitrogens with zero attached hydrogens (tertiary/aromatic N) is 1. The molecular formula is C17H13NO6. The Labute approximate surface area is 136 Å². The zero-order valence-corrected chi connectivity index (χ0v) is 12.5. The molecule has 0 atom stereocenters. The second-order valence-corrected chi connectivity index (χ2v) is 5.04. The van der Waals surface area contributed by atoms with Gasteiger partial charge in [-0.25, -0.2) is 4.79 Å². The molecule has 1 aliphatic heterocycles. The van der Waals surface area contributed by atoms with Crippen LogP contribution in [0.3, 0.4) is 0 Å². The number of aliphatic carboxylic acids is 1. The average molecular weight is 327 g/mol. The summed E-state index contributed by atoms with van der Waals surface area (Å²) in [5.41, 5.74) is 0.370. The lowest BCUT2D eigenvalue weighted by atomic mass is 10.0. The number of carboxylic acids is 1. The second kappa shape index (κ2) is 6.41. The zero-order chi connectivity index (χ0) is 17.1. The number of fused-ring (bicyclic) bond motifs is 1. The molecule has 3 rings (SSSR count). The number of carboxylic acid groups (broad SMARTS) is 1. The second-order valence-electron chi connectivity index (χ2n) is 5.04. The van der Waals surface area contributed by atoms with E-state index in [0.717, 1.165) is 0 Å². The molecule has 7 nitrogen and oxygen atoms in total. The number of benzene rings is 2. The lowest BCUT2D eigenvalue weighted by Crippen LogP contribution is -2.15. The average Bonchev–Trinajstić information content (AvgIpc) is 2.59. The molecule has 0 fully saturated rings. The molecule has 0 amide bonds. The zero-order valence-electron chi connectivity index (χ0n) is 12.5. The number of hydrogen-bond donors (Lipinski definition) is 1. The van der Waals surface area contributed by atoms with Crippen molar-refractivity contribution in [2.24, 2.45) is 0 Å². The van der Waals surface area contributed by atoms with Gasteiger partial charge in [0.15, 0.2) is 11.5 Å². The number of nitro benzene ring substituents is 1. The van der Waals surface area contributed by atoms with E-state index in [1.807, 2.05) is 0 Å². The van der Waals surface area contributed by atoms with E-state index in [1.165, 1.54) is 24.3 Å². The third-order valence-corrected chi connectivity index (χ3v) is 3.52. The summed E-state index contributed by atoms with van der Waals surface area (Å²) >= 11 is 0. The van der Waals surface area contributed by atoms with Crippen molar-refractivity contribution in [3.8, 4) is 11.5 Å². The number of carbonyl (C=O) groups is 1. The van der Waals surface area contributed by atoms with Crippen molar-refractivity contribution in [1.82, 2.24) is 0 Å². The Kier molecular flexibility index (Phi) is 4.15. The minimum absolute atomic E-state index is 0.0683. The van der Waals surface area contributed by atoms with Gasteiger partial charge in [-0.15, -0.1) is 0 Å². The van der Waals surface area contributed by atoms with Crippen molar-refractivity contribution in [2.45, 2.75) is 0 Å². The number of rotatable bonds is 4. The van der Waals surface area contributed by atoms with Gasteiger partial charge in [0.2, 0.25) is 0 Å². The largest absolute Gasteiger partial charge is 0.486 e. The quantitative estimate of drug-likeness (QED) is 0.401. The van der Waals surface area contributed by atoms with Crippen LogP contribution in [0.15, 0.2) is 42.5 Å². The molecule has 0 saturated heterocycles. The topological polar surface area (TPSA) is 98.9 Å². The van der Waals surface area contributed by atoms with Crippen molar-refractivity contribution in [2.75, 3.05) is 13.2 Å². The minimum atomic E-state index is -1.19. The Morgan fingerprint density at radius 2 is 1.83 bits per heavy atom. The molecule has 0 aromatic heterocycles. The highest BCUT2D eigenvalue weighted by Crippen LogP contribution is 2.34. The molecule has 0 unspecified atom stereocenters. The van der Waals surface area contributed by atoms with Crippen LogP contribution in [0.5, 0.6) is 11.5 Å². The van der Waals surface area contributed by atoms with Crippen LogP contribution in [0.1, 0.15) is 11.1 Å². The van der Waals surface area contributed by atoms with E-state index >= 15 is 0 Å². The molecule has 1 heterocycles. The molecule has 0 bridgehead atoms.